The molecular weight excluding hydrogens is 224 g/mol. The second-order valence-corrected chi connectivity index (χ2v) is 3.54. The molecular formula is C12H14O5. The number of methoxy groups -OCH3 is 1. The maximum atomic E-state index is 11.3. The highest BCUT2D eigenvalue weighted by atomic mass is 16.7. The molecule has 17 heavy (non-hydrogen) atoms. The first-order valence-corrected chi connectivity index (χ1v) is 5.08. The Morgan fingerprint density at radius 2 is 2.06 bits per heavy atom. The Labute approximate surface area is 99.3 Å². The molecule has 0 heterocycles. The van der Waals surface area contributed by atoms with Crippen molar-refractivity contribution in [3.63, 3.8) is 0 Å². The van der Waals surface area contributed by atoms with Crippen LogP contribution in [0.25, 0.3) is 0 Å². The van der Waals surface area contributed by atoms with Gasteiger partial charge in [-0.25, -0.2) is 4.79 Å². The van der Waals surface area contributed by atoms with Crippen LogP contribution in [-0.2, 0) is 4.74 Å². The summed E-state index contributed by atoms with van der Waals surface area (Å²) in [4.78, 5) is 22.1. The molecule has 0 amide bonds. The lowest BCUT2D eigenvalue weighted by Crippen LogP contribution is -2.16. The number of ether oxygens (including phenoxy) is 3. The van der Waals surface area contributed by atoms with Gasteiger partial charge in [-0.3, -0.25) is 4.79 Å². The van der Waals surface area contributed by atoms with Crippen molar-refractivity contribution in [1.29, 1.82) is 0 Å². The molecule has 1 aromatic rings. The first-order valence-electron chi connectivity index (χ1n) is 5.08. The second-order valence-electron chi connectivity index (χ2n) is 3.54. The Morgan fingerprint density at radius 3 is 2.59 bits per heavy atom. The number of hydrogen-bond donors (Lipinski definition) is 0. The van der Waals surface area contributed by atoms with Gasteiger partial charge in [-0.1, -0.05) is 0 Å². The molecule has 0 aliphatic carbocycles. The highest BCUT2D eigenvalue weighted by Crippen LogP contribution is 2.23. The number of rotatable bonds is 4. The lowest BCUT2D eigenvalue weighted by atomic mass is 10.2. The average Bonchev–Trinajstić information content (AvgIpc) is 2.28. The molecule has 0 aliphatic rings. The van der Waals surface area contributed by atoms with E-state index in [1.165, 1.54) is 19.2 Å². The van der Waals surface area contributed by atoms with E-state index in [9.17, 15) is 9.59 Å². The van der Waals surface area contributed by atoms with Crippen LogP contribution >= 0.6 is 0 Å². The van der Waals surface area contributed by atoms with Gasteiger partial charge in [0, 0.05) is 0 Å². The van der Waals surface area contributed by atoms with Crippen LogP contribution in [0.15, 0.2) is 18.2 Å². The van der Waals surface area contributed by atoms with Crippen LogP contribution < -0.4 is 9.47 Å². The molecule has 92 valence electrons. The fraction of sp³-hybridized carbons (Fsp3) is 0.333. The minimum atomic E-state index is -0.840. The van der Waals surface area contributed by atoms with Crippen molar-refractivity contribution in [3.05, 3.63) is 23.8 Å². The van der Waals surface area contributed by atoms with E-state index in [0.29, 0.717) is 12.0 Å². The first-order chi connectivity index (χ1) is 8.06. The van der Waals surface area contributed by atoms with Crippen molar-refractivity contribution in [2.24, 2.45) is 0 Å². The zero-order chi connectivity index (χ0) is 12.8. The van der Waals surface area contributed by atoms with Crippen molar-refractivity contribution in [3.8, 4) is 11.5 Å². The predicted molar refractivity (Wildman–Crippen MR) is 60.6 cm³/mol. The third-order valence-corrected chi connectivity index (χ3v) is 1.87. The van der Waals surface area contributed by atoms with E-state index < -0.39 is 6.16 Å². The summed E-state index contributed by atoms with van der Waals surface area (Å²) in [7, 11) is 1.48. The zero-order valence-corrected chi connectivity index (χ0v) is 9.93. The third kappa shape index (κ3) is 3.79. The summed E-state index contributed by atoms with van der Waals surface area (Å²) in [5, 5.41) is 0. The number of aldehydes is 1. The van der Waals surface area contributed by atoms with E-state index in [4.69, 9.17) is 14.2 Å². The van der Waals surface area contributed by atoms with Crippen LogP contribution in [0.1, 0.15) is 24.2 Å². The van der Waals surface area contributed by atoms with Crippen LogP contribution in [0.4, 0.5) is 4.79 Å². The monoisotopic (exact) mass is 238 g/mol. The van der Waals surface area contributed by atoms with Gasteiger partial charge in [0.05, 0.1) is 18.8 Å². The average molecular weight is 238 g/mol. The Balaban J connectivity index is 2.83. The van der Waals surface area contributed by atoms with Crippen molar-refractivity contribution >= 4 is 12.4 Å². The van der Waals surface area contributed by atoms with Gasteiger partial charge in [0.1, 0.15) is 11.5 Å². The minimum absolute atomic E-state index is 0.145. The highest BCUT2D eigenvalue weighted by molar-refractivity contribution is 5.81. The summed E-state index contributed by atoms with van der Waals surface area (Å²) in [5.41, 5.74) is 0.227. The SMILES string of the molecule is COc1ccc(OC(=O)OC(C)C)c(C=O)c1. The molecule has 0 aliphatic heterocycles. The van der Waals surface area contributed by atoms with E-state index in [-0.39, 0.29) is 17.4 Å². The number of carbonyl (C=O) groups excluding carboxylic acids is 2. The Kier molecular flexibility index (Phi) is 4.51. The van der Waals surface area contributed by atoms with Crippen molar-refractivity contribution in [2.45, 2.75) is 20.0 Å². The van der Waals surface area contributed by atoms with E-state index in [2.05, 4.69) is 0 Å². The molecule has 0 atom stereocenters. The van der Waals surface area contributed by atoms with Crippen LogP contribution in [0.3, 0.4) is 0 Å². The van der Waals surface area contributed by atoms with Gasteiger partial charge in [-0.15, -0.1) is 0 Å². The highest BCUT2D eigenvalue weighted by Gasteiger charge is 2.12. The Bertz CT molecular complexity index is 411. The minimum Gasteiger partial charge on any atom is -0.497 e. The number of benzene rings is 1. The summed E-state index contributed by atoms with van der Waals surface area (Å²) >= 11 is 0. The third-order valence-electron chi connectivity index (χ3n) is 1.87. The quantitative estimate of drug-likeness (QED) is 0.458. The van der Waals surface area contributed by atoms with Gasteiger partial charge < -0.3 is 14.2 Å². The molecule has 5 heteroatoms. The Morgan fingerprint density at radius 1 is 1.35 bits per heavy atom. The van der Waals surface area contributed by atoms with Crippen LogP contribution in [0.5, 0.6) is 11.5 Å². The van der Waals surface area contributed by atoms with Crippen LogP contribution in [0.2, 0.25) is 0 Å². The fourth-order valence-electron chi connectivity index (χ4n) is 1.14. The van der Waals surface area contributed by atoms with E-state index >= 15 is 0 Å². The predicted octanol–water partition coefficient (Wildman–Crippen LogP) is 2.43. The summed E-state index contributed by atoms with van der Waals surface area (Å²) in [6.07, 6.45) is -0.533. The van der Waals surface area contributed by atoms with Crippen LogP contribution in [0, 0.1) is 0 Å². The van der Waals surface area contributed by atoms with E-state index in [0.717, 1.165) is 0 Å². The van der Waals surface area contributed by atoms with Gasteiger partial charge in [0.2, 0.25) is 0 Å². The van der Waals surface area contributed by atoms with Crippen LogP contribution in [-0.4, -0.2) is 25.7 Å². The molecule has 0 saturated heterocycles. The van der Waals surface area contributed by atoms with E-state index in [1.807, 2.05) is 0 Å². The molecule has 1 rings (SSSR count). The molecule has 0 radical (unpaired) electrons. The molecule has 0 N–H and O–H groups in total. The standard InChI is InChI=1S/C12H14O5/c1-8(2)16-12(14)17-11-5-4-10(15-3)6-9(11)7-13/h4-8H,1-3H3. The molecule has 0 spiro atoms. The van der Waals surface area contributed by atoms with Crippen molar-refractivity contribution in [1.82, 2.24) is 0 Å². The molecule has 0 aromatic heterocycles. The van der Waals surface area contributed by atoms with Crippen molar-refractivity contribution < 1.29 is 23.8 Å². The molecule has 0 bridgehead atoms. The maximum Gasteiger partial charge on any atom is 0.514 e. The summed E-state index contributed by atoms with van der Waals surface area (Å²) in [6.45, 7) is 3.41. The summed E-state index contributed by atoms with van der Waals surface area (Å²) in [6, 6.07) is 4.54. The summed E-state index contributed by atoms with van der Waals surface area (Å²) in [5.74, 6) is 0.656. The second kappa shape index (κ2) is 5.89. The van der Waals surface area contributed by atoms with Gasteiger partial charge in [0.25, 0.3) is 0 Å². The number of hydrogen-bond acceptors (Lipinski definition) is 5. The van der Waals surface area contributed by atoms with Gasteiger partial charge in [-0.05, 0) is 32.0 Å². The Hall–Kier alpha value is -2.04. The molecule has 0 fully saturated rings. The van der Waals surface area contributed by atoms with Gasteiger partial charge in [0.15, 0.2) is 6.29 Å². The lowest BCUT2D eigenvalue weighted by molar-refractivity contribution is 0.0726. The topological polar surface area (TPSA) is 61.8 Å². The van der Waals surface area contributed by atoms with Gasteiger partial charge >= 0.3 is 6.16 Å². The van der Waals surface area contributed by atoms with Gasteiger partial charge in [-0.2, -0.15) is 0 Å². The molecule has 0 unspecified atom stereocenters. The zero-order valence-electron chi connectivity index (χ0n) is 9.93. The van der Waals surface area contributed by atoms with Crippen molar-refractivity contribution in [2.75, 3.05) is 7.11 Å². The lowest BCUT2D eigenvalue weighted by Gasteiger charge is -2.10. The fourth-order valence-corrected chi connectivity index (χ4v) is 1.14. The molecule has 0 saturated carbocycles. The van der Waals surface area contributed by atoms with E-state index in [1.54, 1.807) is 19.9 Å². The largest absolute Gasteiger partial charge is 0.514 e. The first kappa shape index (κ1) is 13.0. The number of carbonyl (C=O) groups is 2. The molecule has 5 nitrogen and oxygen atoms in total. The smallest absolute Gasteiger partial charge is 0.497 e. The normalized spacial score (nSPS) is 9.88. The maximum absolute atomic E-state index is 11.3. The summed E-state index contributed by atoms with van der Waals surface area (Å²) < 4.78 is 14.7. The molecule has 1 aromatic carbocycles.